The summed E-state index contributed by atoms with van der Waals surface area (Å²) in [7, 11) is 0. The molecule has 1 aromatic heterocycles. The second-order valence-corrected chi connectivity index (χ2v) is 7.32. The Morgan fingerprint density at radius 1 is 1.15 bits per heavy atom. The maximum absolute atomic E-state index is 10.6. The van der Waals surface area contributed by atoms with Gasteiger partial charge in [0.05, 0.1) is 36.4 Å². The molecule has 2 atom stereocenters. The fourth-order valence-electron chi connectivity index (χ4n) is 4.06. The number of nitrogens with zero attached hydrogens (tertiary/aromatic N) is 2. The maximum Gasteiger partial charge on any atom is 0.139 e. The van der Waals surface area contributed by atoms with Crippen molar-refractivity contribution < 1.29 is 14.6 Å². The number of hydrogen-bond donors (Lipinski definition) is 1. The molecular weight excluding hydrogens is 352 g/mol. The lowest BCUT2D eigenvalue weighted by atomic mass is 9.98. The van der Waals surface area contributed by atoms with Crippen molar-refractivity contribution in [3.63, 3.8) is 0 Å². The number of fused-ring (bicyclic) bond motifs is 1. The number of ether oxygens (including phenoxy) is 2. The van der Waals surface area contributed by atoms with E-state index in [1.54, 1.807) is 0 Å². The van der Waals surface area contributed by atoms with E-state index in [1.165, 1.54) is 19.3 Å². The molecular formula is C20H29ClN2O3. The lowest BCUT2D eigenvalue weighted by Crippen LogP contribution is -2.27. The van der Waals surface area contributed by atoms with Crippen molar-refractivity contribution in [2.45, 2.75) is 69.8 Å². The number of hydrogen-bond acceptors (Lipinski definition) is 4. The molecule has 0 radical (unpaired) electrons. The topological polar surface area (TPSA) is 56.5 Å². The Bertz CT molecular complexity index is 693. The number of benzene rings is 1. The number of rotatable bonds is 6. The molecule has 1 aromatic carbocycles. The minimum atomic E-state index is -0.528. The molecule has 1 aliphatic carbocycles. The highest BCUT2D eigenvalue weighted by Gasteiger charge is 2.25. The van der Waals surface area contributed by atoms with Gasteiger partial charge in [0, 0.05) is 6.61 Å². The number of halogens is 1. The van der Waals surface area contributed by atoms with E-state index in [-0.39, 0.29) is 18.5 Å². The van der Waals surface area contributed by atoms with Gasteiger partial charge < -0.3 is 19.1 Å². The third-order valence-corrected chi connectivity index (χ3v) is 5.37. The predicted octanol–water partition coefficient (Wildman–Crippen LogP) is 4.02. The van der Waals surface area contributed by atoms with Crippen molar-refractivity contribution in [3.8, 4) is 0 Å². The number of imidazole rings is 1. The first-order chi connectivity index (χ1) is 12.3. The quantitative estimate of drug-likeness (QED) is 0.822. The van der Waals surface area contributed by atoms with Gasteiger partial charge in [0.1, 0.15) is 11.9 Å². The van der Waals surface area contributed by atoms with Gasteiger partial charge in [0.2, 0.25) is 0 Å². The first-order valence-corrected chi connectivity index (χ1v) is 9.67. The lowest BCUT2D eigenvalue weighted by molar-refractivity contribution is -0.0288. The Labute approximate surface area is 161 Å². The average Bonchev–Trinajstić information content (AvgIpc) is 3.29. The zero-order valence-corrected chi connectivity index (χ0v) is 16.0. The molecule has 2 heterocycles. The monoisotopic (exact) mass is 380 g/mol. The standard InChI is InChI=1S/C20H28N2O3.ClH/c23-15(14-25-16-7-2-1-3-8-16)13-22-18-10-5-4-9-17(18)21-20(22)19-11-6-12-24-19;/h4-5,9-10,15-16,19,23H,1-3,6-8,11-14H2;1H. The van der Waals surface area contributed by atoms with Crippen LogP contribution in [0.2, 0.25) is 0 Å². The van der Waals surface area contributed by atoms with Crippen LogP contribution in [-0.4, -0.2) is 40.1 Å². The third kappa shape index (κ3) is 4.39. The Balaban J connectivity index is 0.00000196. The van der Waals surface area contributed by atoms with Crippen molar-refractivity contribution in [2.24, 2.45) is 0 Å². The van der Waals surface area contributed by atoms with Crippen molar-refractivity contribution >= 4 is 23.4 Å². The summed E-state index contributed by atoms with van der Waals surface area (Å²) in [4.78, 5) is 4.78. The first kappa shape index (κ1) is 19.6. The largest absolute Gasteiger partial charge is 0.389 e. The molecule has 1 N–H and O–H groups in total. The fraction of sp³-hybridized carbons (Fsp3) is 0.650. The normalized spacial score (nSPS) is 22.4. The molecule has 2 unspecified atom stereocenters. The zero-order valence-electron chi connectivity index (χ0n) is 15.2. The molecule has 26 heavy (non-hydrogen) atoms. The number of aromatic nitrogens is 2. The Hall–Kier alpha value is -1.14. The van der Waals surface area contributed by atoms with E-state index < -0.39 is 6.10 Å². The second-order valence-electron chi connectivity index (χ2n) is 7.32. The summed E-state index contributed by atoms with van der Waals surface area (Å²) in [5, 5.41) is 10.6. The van der Waals surface area contributed by atoms with E-state index in [0.717, 1.165) is 49.1 Å². The average molecular weight is 381 g/mol. The number of para-hydroxylation sites is 2. The van der Waals surface area contributed by atoms with E-state index in [9.17, 15) is 5.11 Å². The van der Waals surface area contributed by atoms with Crippen molar-refractivity contribution in [1.82, 2.24) is 9.55 Å². The molecule has 1 saturated heterocycles. The molecule has 6 heteroatoms. The van der Waals surface area contributed by atoms with E-state index in [1.807, 2.05) is 18.2 Å². The van der Waals surface area contributed by atoms with Crippen molar-refractivity contribution in [2.75, 3.05) is 13.2 Å². The van der Waals surface area contributed by atoms with Gasteiger partial charge in [-0.05, 0) is 37.8 Å². The van der Waals surface area contributed by atoms with Crippen LogP contribution in [0, 0.1) is 0 Å². The van der Waals surface area contributed by atoms with Crippen LogP contribution < -0.4 is 0 Å². The smallest absolute Gasteiger partial charge is 0.139 e. The van der Waals surface area contributed by atoms with Gasteiger partial charge in [-0.1, -0.05) is 31.4 Å². The van der Waals surface area contributed by atoms with Crippen LogP contribution in [0.4, 0.5) is 0 Å². The molecule has 0 amide bonds. The minimum Gasteiger partial charge on any atom is -0.389 e. The summed E-state index contributed by atoms with van der Waals surface area (Å²) < 4.78 is 13.9. The highest BCUT2D eigenvalue weighted by Crippen LogP contribution is 2.31. The van der Waals surface area contributed by atoms with Crippen LogP contribution >= 0.6 is 12.4 Å². The Morgan fingerprint density at radius 3 is 2.73 bits per heavy atom. The first-order valence-electron chi connectivity index (χ1n) is 9.67. The Kier molecular flexibility index (Phi) is 6.92. The van der Waals surface area contributed by atoms with Crippen molar-refractivity contribution in [1.29, 1.82) is 0 Å². The van der Waals surface area contributed by atoms with Crippen molar-refractivity contribution in [3.05, 3.63) is 30.1 Å². The van der Waals surface area contributed by atoms with E-state index in [0.29, 0.717) is 19.3 Å². The summed E-state index contributed by atoms with van der Waals surface area (Å²) in [6, 6.07) is 8.11. The second kappa shape index (κ2) is 9.18. The molecule has 1 aliphatic heterocycles. The Morgan fingerprint density at radius 2 is 1.96 bits per heavy atom. The van der Waals surface area contributed by atoms with Gasteiger partial charge in [0.25, 0.3) is 0 Å². The lowest BCUT2D eigenvalue weighted by Gasteiger charge is -2.24. The maximum atomic E-state index is 10.6. The molecule has 1 saturated carbocycles. The molecule has 4 rings (SSSR count). The summed E-state index contributed by atoms with van der Waals surface area (Å²) in [5.41, 5.74) is 2.03. The molecule has 144 valence electrons. The SMILES string of the molecule is Cl.OC(COC1CCCCC1)Cn1c(C2CCCO2)nc2ccccc21. The zero-order chi connectivity index (χ0) is 17.1. The van der Waals surface area contributed by atoms with Gasteiger partial charge in [-0.2, -0.15) is 0 Å². The van der Waals surface area contributed by atoms with Crippen LogP contribution in [0.15, 0.2) is 24.3 Å². The molecule has 2 aromatic rings. The van der Waals surface area contributed by atoms with E-state index in [2.05, 4.69) is 10.6 Å². The predicted molar refractivity (Wildman–Crippen MR) is 104 cm³/mol. The van der Waals surface area contributed by atoms with Gasteiger partial charge >= 0.3 is 0 Å². The van der Waals surface area contributed by atoms with Gasteiger partial charge in [-0.3, -0.25) is 0 Å². The number of aliphatic hydroxyl groups is 1. The van der Waals surface area contributed by atoms with Crippen LogP contribution in [0.5, 0.6) is 0 Å². The molecule has 5 nitrogen and oxygen atoms in total. The summed E-state index contributed by atoms with van der Waals surface area (Å²) in [5.74, 6) is 0.940. The van der Waals surface area contributed by atoms with E-state index in [4.69, 9.17) is 14.5 Å². The van der Waals surface area contributed by atoms with Crippen LogP contribution in [0.3, 0.4) is 0 Å². The molecule has 2 fully saturated rings. The molecule has 0 bridgehead atoms. The third-order valence-electron chi connectivity index (χ3n) is 5.37. The van der Waals surface area contributed by atoms with Crippen LogP contribution in [0.25, 0.3) is 11.0 Å². The molecule has 0 spiro atoms. The summed E-state index contributed by atoms with van der Waals surface area (Å²) in [6.45, 7) is 1.69. The van der Waals surface area contributed by atoms with Crippen LogP contribution in [0.1, 0.15) is 56.9 Å². The van der Waals surface area contributed by atoms with E-state index >= 15 is 0 Å². The van der Waals surface area contributed by atoms with Crippen LogP contribution in [-0.2, 0) is 16.0 Å². The van der Waals surface area contributed by atoms with Gasteiger partial charge in [0.15, 0.2) is 0 Å². The highest BCUT2D eigenvalue weighted by atomic mass is 35.5. The summed E-state index contributed by atoms with van der Waals surface area (Å²) >= 11 is 0. The van der Waals surface area contributed by atoms with Gasteiger partial charge in [-0.15, -0.1) is 12.4 Å². The number of aliphatic hydroxyl groups excluding tert-OH is 1. The fourth-order valence-corrected chi connectivity index (χ4v) is 4.06. The summed E-state index contributed by atoms with van der Waals surface area (Å²) in [6.07, 6.45) is 7.96. The highest BCUT2D eigenvalue weighted by molar-refractivity contribution is 5.85. The van der Waals surface area contributed by atoms with Gasteiger partial charge in [-0.25, -0.2) is 4.98 Å². The molecule has 2 aliphatic rings. The minimum absolute atomic E-state index is 0.